The van der Waals surface area contributed by atoms with Gasteiger partial charge in [-0.25, -0.2) is 0 Å². The Morgan fingerprint density at radius 1 is 0.540 bits per heavy atom. The van der Waals surface area contributed by atoms with E-state index >= 15 is 0 Å². The Bertz CT molecular complexity index is 906. The lowest BCUT2D eigenvalue weighted by Crippen LogP contribution is -2.50. The number of aliphatic hydroxyl groups is 2. The highest BCUT2D eigenvalue weighted by Crippen LogP contribution is 2.15. The highest BCUT2D eigenvalue weighted by Gasteiger charge is 2.27. The molecule has 0 rings (SSSR count). The van der Waals surface area contributed by atoms with Crippen molar-refractivity contribution in [1.29, 1.82) is 0 Å². The summed E-state index contributed by atoms with van der Waals surface area (Å²) >= 11 is 0. The van der Waals surface area contributed by atoms with Gasteiger partial charge in [0.1, 0.15) is 6.10 Å². The molecule has 0 aromatic rings. The largest absolute Gasteiger partial charge is 0.387 e. The van der Waals surface area contributed by atoms with Crippen molar-refractivity contribution in [2.45, 2.75) is 231 Å². The summed E-state index contributed by atoms with van der Waals surface area (Å²) in [6.07, 6.45) is 42.3. The van der Waals surface area contributed by atoms with Gasteiger partial charge in [0.25, 0.3) is 10.1 Å². The third-order valence-electron chi connectivity index (χ3n) is 9.74. The number of unbranched alkanes of at least 4 members (excludes halogenated alkanes) is 27. The lowest BCUT2D eigenvalue weighted by molar-refractivity contribution is -0.130. The average molecular weight is 728 g/mol. The summed E-state index contributed by atoms with van der Waals surface area (Å²) in [6, 6.07) is -1.24. The van der Waals surface area contributed by atoms with Crippen molar-refractivity contribution in [3.63, 3.8) is 0 Å². The van der Waals surface area contributed by atoms with E-state index in [-0.39, 0.29) is 6.42 Å². The van der Waals surface area contributed by atoms with Crippen molar-refractivity contribution in [3.8, 4) is 0 Å². The Hall–Kier alpha value is -1.22. The van der Waals surface area contributed by atoms with Gasteiger partial charge < -0.3 is 15.5 Å². The number of rotatable bonds is 38. The number of carbonyl (C=O) groups is 1. The van der Waals surface area contributed by atoms with Crippen molar-refractivity contribution in [3.05, 3.63) is 24.3 Å². The predicted octanol–water partition coefficient (Wildman–Crippen LogP) is 11.3. The van der Waals surface area contributed by atoms with E-state index in [0.29, 0.717) is 12.8 Å². The summed E-state index contributed by atoms with van der Waals surface area (Å²) in [5.74, 6) is -1.55. The summed E-state index contributed by atoms with van der Waals surface area (Å²) in [4.78, 5) is 12.6. The minimum Gasteiger partial charge on any atom is -0.387 e. The molecular weight excluding hydrogens is 647 g/mol. The Morgan fingerprint density at radius 3 is 1.32 bits per heavy atom. The van der Waals surface area contributed by atoms with E-state index in [9.17, 15) is 28.0 Å². The Morgan fingerprint density at radius 2 is 0.900 bits per heavy atom. The number of nitrogens with one attached hydrogen (secondary N) is 1. The van der Waals surface area contributed by atoms with Gasteiger partial charge in [0.05, 0.1) is 17.9 Å². The number of aliphatic hydroxyl groups excluding tert-OH is 2. The molecule has 8 heteroatoms. The van der Waals surface area contributed by atoms with Crippen LogP contribution in [0.5, 0.6) is 0 Å². The molecule has 0 aromatic carbocycles. The van der Waals surface area contributed by atoms with Gasteiger partial charge in [-0.1, -0.05) is 205 Å². The first-order chi connectivity index (χ1) is 24.2. The van der Waals surface area contributed by atoms with Gasteiger partial charge in [-0.05, 0) is 32.1 Å². The molecule has 0 aliphatic rings. The van der Waals surface area contributed by atoms with Crippen LogP contribution in [0.1, 0.15) is 213 Å². The lowest BCUT2D eigenvalue weighted by atomic mass is 10.0. The molecule has 4 N–H and O–H groups in total. The molecule has 0 heterocycles. The van der Waals surface area contributed by atoms with E-state index in [1.54, 1.807) is 6.08 Å². The van der Waals surface area contributed by atoms with Gasteiger partial charge in [0.15, 0.2) is 0 Å². The summed E-state index contributed by atoms with van der Waals surface area (Å²) in [7, 11) is -4.45. The molecular formula is C42H81NO6S. The second-order valence-corrected chi connectivity index (χ2v) is 16.3. The lowest BCUT2D eigenvalue weighted by Gasteiger charge is -2.22. The predicted molar refractivity (Wildman–Crippen MR) is 213 cm³/mol. The first kappa shape index (κ1) is 48.8. The van der Waals surface area contributed by atoms with Crippen LogP contribution in [0.2, 0.25) is 0 Å². The maximum Gasteiger partial charge on any atom is 0.267 e. The molecule has 0 saturated heterocycles. The fraction of sp³-hybridized carbons (Fsp3) is 0.881. The van der Waals surface area contributed by atoms with Crippen molar-refractivity contribution < 1.29 is 28.0 Å². The van der Waals surface area contributed by atoms with Gasteiger partial charge in [-0.15, -0.1) is 0 Å². The van der Waals surface area contributed by atoms with Crippen LogP contribution in [-0.4, -0.2) is 53.1 Å². The van der Waals surface area contributed by atoms with Crippen LogP contribution in [0.25, 0.3) is 0 Å². The number of allylic oxidation sites excluding steroid dienone is 3. The number of hydrogen-bond donors (Lipinski definition) is 4. The molecule has 0 aromatic heterocycles. The summed E-state index contributed by atoms with van der Waals surface area (Å²) in [6.45, 7) is 4.51. The standard InChI is InChI=1S/C42H81NO6S/c1-3-5-7-9-11-13-15-17-19-20-21-23-24-26-28-30-32-34-36-40(44)39(38-50(47,48)49)43-42(46)41(45)37-35-33-31-29-27-25-22-18-16-14-12-10-8-6-4-2/h26,28,34,36,39-41,44-45H,3-25,27,29-33,35,37-38H2,1-2H3,(H,43,46)(H,47,48,49)/b28-26+,36-34+. The molecule has 3 unspecified atom stereocenters. The topological polar surface area (TPSA) is 124 Å². The second-order valence-electron chi connectivity index (χ2n) is 14.8. The molecule has 0 radical (unpaired) electrons. The first-order valence-electron chi connectivity index (χ1n) is 21.1. The van der Waals surface area contributed by atoms with Crippen molar-refractivity contribution in [1.82, 2.24) is 5.32 Å². The molecule has 0 aliphatic carbocycles. The van der Waals surface area contributed by atoms with Crippen LogP contribution in [0, 0.1) is 0 Å². The Kier molecular flexibility index (Phi) is 35.3. The fourth-order valence-electron chi connectivity index (χ4n) is 6.47. The van der Waals surface area contributed by atoms with Crippen molar-refractivity contribution in [2.75, 3.05) is 5.75 Å². The van der Waals surface area contributed by atoms with Gasteiger partial charge in [0, 0.05) is 0 Å². The van der Waals surface area contributed by atoms with Gasteiger partial charge >= 0.3 is 0 Å². The van der Waals surface area contributed by atoms with E-state index in [0.717, 1.165) is 32.1 Å². The molecule has 0 fully saturated rings. The SMILES string of the molecule is CCCCCCCCCCCCCC/C=C/CC/C=C/C(O)C(CS(=O)(=O)O)NC(=O)C(O)CCCCCCCCCCCCCCCCC. The van der Waals surface area contributed by atoms with Crippen molar-refractivity contribution in [2.24, 2.45) is 0 Å². The highest BCUT2D eigenvalue weighted by atomic mass is 32.2. The number of hydrogen-bond acceptors (Lipinski definition) is 5. The van der Waals surface area contributed by atoms with Crippen LogP contribution in [0.15, 0.2) is 24.3 Å². The summed E-state index contributed by atoms with van der Waals surface area (Å²) in [5, 5.41) is 23.4. The molecule has 0 aliphatic heterocycles. The zero-order chi connectivity index (χ0) is 37.0. The Balaban J connectivity index is 4.06. The van der Waals surface area contributed by atoms with Crippen LogP contribution in [-0.2, 0) is 14.9 Å². The van der Waals surface area contributed by atoms with Crippen molar-refractivity contribution >= 4 is 16.0 Å². The minimum absolute atomic E-state index is 0.278. The van der Waals surface area contributed by atoms with E-state index in [1.165, 1.54) is 154 Å². The molecule has 7 nitrogen and oxygen atoms in total. The molecule has 0 spiro atoms. The molecule has 3 atom stereocenters. The maximum atomic E-state index is 12.6. The van der Waals surface area contributed by atoms with Crippen LogP contribution < -0.4 is 5.32 Å². The van der Waals surface area contributed by atoms with E-state index in [2.05, 4.69) is 31.3 Å². The maximum absolute atomic E-state index is 12.6. The zero-order valence-corrected chi connectivity index (χ0v) is 33.5. The van der Waals surface area contributed by atoms with Gasteiger partial charge in [-0.3, -0.25) is 9.35 Å². The molecule has 296 valence electrons. The smallest absolute Gasteiger partial charge is 0.267 e. The quantitative estimate of drug-likeness (QED) is 0.0285. The fourth-order valence-corrected chi connectivity index (χ4v) is 7.21. The van der Waals surface area contributed by atoms with E-state index in [1.807, 2.05) is 0 Å². The third kappa shape index (κ3) is 35.2. The van der Waals surface area contributed by atoms with Gasteiger partial charge in [-0.2, -0.15) is 8.42 Å². The number of amides is 1. The first-order valence-corrected chi connectivity index (χ1v) is 22.8. The monoisotopic (exact) mass is 728 g/mol. The molecule has 1 amide bonds. The van der Waals surface area contributed by atoms with Crippen LogP contribution in [0.3, 0.4) is 0 Å². The molecule has 0 saturated carbocycles. The zero-order valence-electron chi connectivity index (χ0n) is 32.6. The molecule has 0 bridgehead atoms. The normalized spacial score (nSPS) is 14.1. The summed E-state index contributed by atoms with van der Waals surface area (Å²) < 4.78 is 32.5. The van der Waals surface area contributed by atoms with E-state index in [4.69, 9.17) is 0 Å². The summed E-state index contributed by atoms with van der Waals surface area (Å²) in [5.41, 5.74) is 0. The minimum atomic E-state index is -4.45. The highest BCUT2D eigenvalue weighted by molar-refractivity contribution is 7.85. The molecule has 50 heavy (non-hydrogen) atoms. The second kappa shape index (κ2) is 36.2. The number of carbonyl (C=O) groups excluding carboxylic acids is 1. The van der Waals surface area contributed by atoms with Gasteiger partial charge in [0.2, 0.25) is 5.91 Å². The third-order valence-corrected chi connectivity index (χ3v) is 10.5. The average Bonchev–Trinajstić information content (AvgIpc) is 3.08. The van der Waals surface area contributed by atoms with Crippen LogP contribution in [0.4, 0.5) is 0 Å². The van der Waals surface area contributed by atoms with E-state index < -0.39 is 40.0 Å². The van der Waals surface area contributed by atoms with Crippen LogP contribution >= 0.6 is 0 Å². The Labute approximate surface area is 309 Å².